The van der Waals surface area contributed by atoms with E-state index in [0.717, 1.165) is 23.5 Å². The Morgan fingerprint density at radius 2 is 2.00 bits per heavy atom. The van der Waals surface area contributed by atoms with E-state index in [2.05, 4.69) is 24.5 Å². The molecule has 0 aliphatic carbocycles. The second-order valence-electron chi connectivity index (χ2n) is 5.20. The van der Waals surface area contributed by atoms with Crippen molar-refractivity contribution in [1.29, 1.82) is 0 Å². The van der Waals surface area contributed by atoms with Crippen LogP contribution >= 0.6 is 0 Å². The van der Waals surface area contributed by atoms with E-state index in [1.165, 1.54) is 0 Å². The zero-order valence-electron chi connectivity index (χ0n) is 12.9. The third-order valence-electron chi connectivity index (χ3n) is 3.55. The van der Waals surface area contributed by atoms with Crippen molar-refractivity contribution in [3.8, 4) is 0 Å². The molecule has 0 saturated heterocycles. The summed E-state index contributed by atoms with van der Waals surface area (Å²) in [5.74, 6) is -0.00884. The van der Waals surface area contributed by atoms with E-state index < -0.39 is 0 Å². The zero-order chi connectivity index (χ0) is 15.2. The van der Waals surface area contributed by atoms with Crippen LogP contribution in [0.1, 0.15) is 31.1 Å². The van der Waals surface area contributed by atoms with Crippen LogP contribution in [0.15, 0.2) is 42.6 Å². The Bertz CT molecular complexity index is 604. The van der Waals surface area contributed by atoms with Gasteiger partial charge in [-0.2, -0.15) is 0 Å². The summed E-state index contributed by atoms with van der Waals surface area (Å²) in [6.45, 7) is 7.40. The molecule has 4 heteroatoms. The molecule has 0 bridgehead atoms. The van der Waals surface area contributed by atoms with Crippen LogP contribution in [-0.4, -0.2) is 17.0 Å². The normalized spacial score (nSPS) is 12.1. The molecule has 21 heavy (non-hydrogen) atoms. The van der Waals surface area contributed by atoms with Crippen LogP contribution in [0.2, 0.25) is 0 Å². The van der Waals surface area contributed by atoms with E-state index in [1.54, 1.807) is 0 Å². The van der Waals surface area contributed by atoms with E-state index >= 15 is 0 Å². The maximum atomic E-state index is 12.2. The largest absolute Gasteiger partial charge is 0.341 e. The van der Waals surface area contributed by atoms with Gasteiger partial charge in [-0.05, 0) is 44.2 Å². The Morgan fingerprint density at radius 3 is 2.71 bits per heavy atom. The van der Waals surface area contributed by atoms with Crippen LogP contribution in [0, 0.1) is 6.92 Å². The SMILES string of the molecule is CCNC(C)c1cccn1CC(=O)Nc1ccccc1C. The summed E-state index contributed by atoms with van der Waals surface area (Å²) < 4.78 is 1.99. The predicted octanol–water partition coefficient (Wildman–Crippen LogP) is 3.11. The minimum atomic E-state index is -0.00884. The van der Waals surface area contributed by atoms with Crippen LogP contribution in [0.4, 0.5) is 5.69 Å². The fraction of sp³-hybridized carbons (Fsp3) is 0.353. The van der Waals surface area contributed by atoms with Crippen LogP contribution in [0.3, 0.4) is 0 Å². The molecule has 1 amide bonds. The number of para-hydroxylation sites is 1. The molecule has 1 aromatic heterocycles. The molecule has 112 valence electrons. The fourth-order valence-corrected chi connectivity index (χ4v) is 2.43. The monoisotopic (exact) mass is 285 g/mol. The summed E-state index contributed by atoms with van der Waals surface area (Å²) in [7, 11) is 0. The minimum absolute atomic E-state index is 0.00884. The molecule has 2 N–H and O–H groups in total. The highest BCUT2D eigenvalue weighted by molar-refractivity contribution is 5.91. The maximum absolute atomic E-state index is 12.2. The number of aromatic nitrogens is 1. The van der Waals surface area contributed by atoms with Gasteiger partial charge < -0.3 is 15.2 Å². The van der Waals surface area contributed by atoms with Crippen LogP contribution in [0.25, 0.3) is 0 Å². The molecule has 1 unspecified atom stereocenters. The van der Waals surface area contributed by atoms with Crippen molar-refractivity contribution in [2.45, 2.75) is 33.4 Å². The average molecular weight is 285 g/mol. The average Bonchev–Trinajstić information content (AvgIpc) is 2.90. The van der Waals surface area contributed by atoms with Gasteiger partial charge in [0.05, 0.1) is 0 Å². The summed E-state index contributed by atoms with van der Waals surface area (Å²) in [5.41, 5.74) is 3.06. The summed E-state index contributed by atoms with van der Waals surface area (Å²) in [5, 5.41) is 6.33. The molecule has 0 saturated carbocycles. The first kappa shape index (κ1) is 15.3. The molecule has 2 aromatic rings. The lowest BCUT2D eigenvalue weighted by atomic mass is 10.2. The number of aryl methyl sites for hydroxylation is 1. The highest BCUT2D eigenvalue weighted by Gasteiger charge is 2.12. The second kappa shape index (κ2) is 7.09. The summed E-state index contributed by atoms with van der Waals surface area (Å²) in [4.78, 5) is 12.2. The van der Waals surface area contributed by atoms with Gasteiger partial charge >= 0.3 is 0 Å². The van der Waals surface area contributed by atoms with Gasteiger partial charge in [-0.15, -0.1) is 0 Å². The molecule has 0 aliphatic rings. The molecule has 1 atom stereocenters. The van der Waals surface area contributed by atoms with E-state index in [-0.39, 0.29) is 11.9 Å². The molecule has 1 heterocycles. The fourth-order valence-electron chi connectivity index (χ4n) is 2.43. The molecule has 2 rings (SSSR count). The smallest absolute Gasteiger partial charge is 0.244 e. The Labute approximate surface area is 126 Å². The van der Waals surface area contributed by atoms with Crippen molar-refractivity contribution < 1.29 is 4.79 Å². The lowest BCUT2D eigenvalue weighted by Crippen LogP contribution is -2.24. The maximum Gasteiger partial charge on any atom is 0.244 e. The molecule has 0 spiro atoms. The van der Waals surface area contributed by atoms with Crippen LogP contribution in [0.5, 0.6) is 0 Å². The molecule has 0 fully saturated rings. The zero-order valence-corrected chi connectivity index (χ0v) is 12.9. The molecule has 0 radical (unpaired) electrons. The first-order valence-electron chi connectivity index (χ1n) is 7.35. The second-order valence-corrected chi connectivity index (χ2v) is 5.20. The number of amides is 1. The van der Waals surface area contributed by atoms with Gasteiger partial charge in [0.2, 0.25) is 5.91 Å². The topological polar surface area (TPSA) is 46.1 Å². The van der Waals surface area contributed by atoms with Crippen molar-refractivity contribution in [2.75, 3.05) is 11.9 Å². The number of carbonyl (C=O) groups excluding carboxylic acids is 1. The van der Waals surface area contributed by atoms with E-state index in [4.69, 9.17) is 0 Å². The highest BCUT2D eigenvalue weighted by Crippen LogP contribution is 2.15. The Balaban J connectivity index is 2.04. The number of rotatable bonds is 6. The number of benzene rings is 1. The van der Waals surface area contributed by atoms with Gasteiger partial charge in [-0.3, -0.25) is 4.79 Å². The Hall–Kier alpha value is -2.07. The Kier molecular flexibility index (Phi) is 5.17. The number of nitrogens with zero attached hydrogens (tertiary/aromatic N) is 1. The first-order chi connectivity index (χ1) is 10.1. The predicted molar refractivity (Wildman–Crippen MR) is 86.3 cm³/mol. The summed E-state index contributed by atoms with van der Waals surface area (Å²) in [6, 6.07) is 12.1. The van der Waals surface area contributed by atoms with Gasteiger partial charge in [0.15, 0.2) is 0 Å². The summed E-state index contributed by atoms with van der Waals surface area (Å²) in [6.07, 6.45) is 1.95. The van der Waals surface area contributed by atoms with Gasteiger partial charge in [0.1, 0.15) is 6.54 Å². The number of hydrogen-bond donors (Lipinski definition) is 2. The number of hydrogen-bond acceptors (Lipinski definition) is 2. The number of anilines is 1. The lowest BCUT2D eigenvalue weighted by Gasteiger charge is -2.16. The molecule has 0 aliphatic heterocycles. The van der Waals surface area contributed by atoms with Crippen molar-refractivity contribution in [2.24, 2.45) is 0 Å². The quantitative estimate of drug-likeness (QED) is 0.856. The summed E-state index contributed by atoms with van der Waals surface area (Å²) >= 11 is 0. The molecule has 1 aromatic carbocycles. The van der Waals surface area contributed by atoms with Crippen LogP contribution < -0.4 is 10.6 Å². The standard InChI is InChI=1S/C17H23N3O/c1-4-18-14(3)16-10-7-11-20(16)12-17(21)19-15-9-6-5-8-13(15)2/h5-11,14,18H,4,12H2,1-3H3,(H,19,21). The van der Waals surface area contributed by atoms with Crippen molar-refractivity contribution in [3.05, 3.63) is 53.9 Å². The van der Waals surface area contributed by atoms with Gasteiger partial charge in [0, 0.05) is 23.6 Å². The number of carbonyl (C=O) groups is 1. The van der Waals surface area contributed by atoms with Gasteiger partial charge in [0.25, 0.3) is 0 Å². The first-order valence-corrected chi connectivity index (χ1v) is 7.35. The van der Waals surface area contributed by atoms with Crippen molar-refractivity contribution >= 4 is 11.6 Å². The van der Waals surface area contributed by atoms with Gasteiger partial charge in [-0.25, -0.2) is 0 Å². The number of nitrogens with one attached hydrogen (secondary N) is 2. The lowest BCUT2D eigenvalue weighted by molar-refractivity contribution is -0.116. The molecule has 4 nitrogen and oxygen atoms in total. The minimum Gasteiger partial charge on any atom is -0.341 e. The Morgan fingerprint density at radius 1 is 1.24 bits per heavy atom. The van der Waals surface area contributed by atoms with Crippen LogP contribution in [-0.2, 0) is 11.3 Å². The highest BCUT2D eigenvalue weighted by atomic mass is 16.1. The van der Waals surface area contributed by atoms with E-state index in [1.807, 2.05) is 54.1 Å². The van der Waals surface area contributed by atoms with Gasteiger partial charge in [-0.1, -0.05) is 25.1 Å². The molecular weight excluding hydrogens is 262 g/mol. The van der Waals surface area contributed by atoms with Crippen molar-refractivity contribution in [3.63, 3.8) is 0 Å². The van der Waals surface area contributed by atoms with E-state index in [9.17, 15) is 4.79 Å². The third-order valence-corrected chi connectivity index (χ3v) is 3.55. The van der Waals surface area contributed by atoms with E-state index in [0.29, 0.717) is 6.54 Å². The third kappa shape index (κ3) is 3.95. The van der Waals surface area contributed by atoms with Crippen molar-refractivity contribution in [1.82, 2.24) is 9.88 Å². The molecular formula is C17H23N3O.